The normalized spacial score (nSPS) is 10.2. The molecule has 1 aromatic carbocycles. The van der Waals surface area contributed by atoms with Gasteiger partial charge < -0.3 is 19.3 Å². The van der Waals surface area contributed by atoms with Crippen LogP contribution >= 0.6 is 0 Å². The van der Waals surface area contributed by atoms with Crippen molar-refractivity contribution >= 4 is 0 Å². The maximum Gasteiger partial charge on any atom is 0.213 e. The van der Waals surface area contributed by atoms with Gasteiger partial charge in [0.1, 0.15) is 18.1 Å². The first-order valence-corrected chi connectivity index (χ1v) is 6.17. The van der Waals surface area contributed by atoms with Crippen molar-refractivity contribution in [2.45, 2.75) is 13.2 Å². The van der Waals surface area contributed by atoms with Crippen molar-refractivity contribution in [3.05, 3.63) is 47.7 Å². The molecule has 0 spiro atoms. The molecule has 2 aromatic rings. The van der Waals surface area contributed by atoms with Crippen molar-refractivity contribution in [1.29, 1.82) is 0 Å². The predicted molar refractivity (Wildman–Crippen MR) is 74.0 cm³/mol. The lowest BCUT2D eigenvalue weighted by molar-refractivity contribution is 0.255. The molecule has 0 amide bonds. The Hall–Kier alpha value is -2.27. The van der Waals surface area contributed by atoms with Crippen LogP contribution < -0.4 is 14.2 Å². The number of hydrogen-bond acceptors (Lipinski definition) is 5. The number of aliphatic hydroxyl groups is 1. The molecule has 1 aromatic heterocycles. The highest BCUT2D eigenvalue weighted by molar-refractivity contribution is 5.40. The molecule has 0 radical (unpaired) electrons. The highest BCUT2D eigenvalue weighted by Gasteiger charge is 2.06. The van der Waals surface area contributed by atoms with Gasteiger partial charge in [-0.05, 0) is 24.3 Å². The van der Waals surface area contributed by atoms with Gasteiger partial charge in [-0.3, -0.25) is 0 Å². The minimum Gasteiger partial charge on any atom is -0.497 e. The van der Waals surface area contributed by atoms with Crippen LogP contribution in [0.3, 0.4) is 0 Å². The molecule has 5 heteroatoms. The molecule has 1 heterocycles. The van der Waals surface area contributed by atoms with E-state index in [1.165, 1.54) is 0 Å². The summed E-state index contributed by atoms with van der Waals surface area (Å²) >= 11 is 0. The molecule has 0 fully saturated rings. The maximum absolute atomic E-state index is 9.35. The van der Waals surface area contributed by atoms with Crippen molar-refractivity contribution in [3.8, 4) is 17.4 Å². The van der Waals surface area contributed by atoms with E-state index in [4.69, 9.17) is 14.2 Å². The lowest BCUT2D eigenvalue weighted by Crippen LogP contribution is -2.02. The number of pyridine rings is 1. The van der Waals surface area contributed by atoms with E-state index < -0.39 is 0 Å². The Morgan fingerprint density at radius 1 is 1.10 bits per heavy atom. The number of hydrogen-bond donors (Lipinski definition) is 1. The Labute approximate surface area is 117 Å². The molecule has 0 aliphatic rings. The summed E-state index contributed by atoms with van der Waals surface area (Å²) in [7, 11) is 3.15. The smallest absolute Gasteiger partial charge is 0.213 e. The molecule has 0 unspecified atom stereocenters. The van der Waals surface area contributed by atoms with Crippen LogP contribution in [-0.2, 0) is 13.2 Å². The van der Waals surface area contributed by atoms with Crippen molar-refractivity contribution in [3.63, 3.8) is 0 Å². The molecule has 2 rings (SSSR count). The fourth-order valence-corrected chi connectivity index (χ4v) is 1.75. The van der Waals surface area contributed by atoms with E-state index in [1.807, 2.05) is 12.1 Å². The first-order valence-electron chi connectivity index (χ1n) is 6.17. The largest absolute Gasteiger partial charge is 0.497 e. The van der Waals surface area contributed by atoms with Crippen LogP contribution in [0.5, 0.6) is 17.4 Å². The molecule has 0 atom stereocenters. The summed E-state index contributed by atoms with van der Waals surface area (Å²) in [5.41, 5.74) is 1.43. The maximum atomic E-state index is 9.35. The number of aliphatic hydroxyl groups excluding tert-OH is 1. The monoisotopic (exact) mass is 275 g/mol. The molecule has 20 heavy (non-hydrogen) atoms. The summed E-state index contributed by atoms with van der Waals surface area (Å²) in [4.78, 5) is 4.26. The van der Waals surface area contributed by atoms with Crippen molar-refractivity contribution in [2.24, 2.45) is 0 Å². The van der Waals surface area contributed by atoms with Gasteiger partial charge in [0.15, 0.2) is 0 Å². The van der Waals surface area contributed by atoms with Gasteiger partial charge in [0.25, 0.3) is 0 Å². The molecular weight excluding hydrogens is 258 g/mol. The first-order chi connectivity index (χ1) is 9.76. The van der Waals surface area contributed by atoms with E-state index >= 15 is 0 Å². The zero-order chi connectivity index (χ0) is 14.4. The van der Waals surface area contributed by atoms with Crippen molar-refractivity contribution < 1.29 is 19.3 Å². The third-order valence-corrected chi connectivity index (χ3v) is 2.80. The van der Waals surface area contributed by atoms with E-state index in [2.05, 4.69) is 4.98 Å². The Kier molecular flexibility index (Phi) is 4.79. The average Bonchev–Trinajstić information content (AvgIpc) is 2.52. The van der Waals surface area contributed by atoms with Gasteiger partial charge in [-0.2, -0.15) is 0 Å². The fraction of sp³-hybridized carbons (Fsp3) is 0.267. The minimum atomic E-state index is -0.113. The molecule has 106 valence electrons. The molecule has 0 bridgehead atoms. The topological polar surface area (TPSA) is 60.8 Å². The summed E-state index contributed by atoms with van der Waals surface area (Å²) in [5.74, 6) is 1.84. The molecule has 0 aliphatic heterocycles. The van der Waals surface area contributed by atoms with Gasteiger partial charge in [-0.15, -0.1) is 0 Å². The molecular formula is C15H17NO4. The molecule has 5 nitrogen and oxygen atoms in total. The second kappa shape index (κ2) is 6.77. The van der Waals surface area contributed by atoms with E-state index in [-0.39, 0.29) is 6.61 Å². The van der Waals surface area contributed by atoms with E-state index in [0.717, 1.165) is 5.69 Å². The van der Waals surface area contributed by atoms with Crippen LogP contribution in [-0.4, -0.2) is 24.3 Å². The summed E-state index contributed by atoms with van der Waals surface area (Å²) in [6.07, 6.45) is 0. The van der Waals surface area contributed by atoms with Crippen LogP contribution in [0, 0.1) is 0 Å². The Morgan fingerprint density at radius 2 is 1.95 bits per heavy atom. The highest BCUT2D eigenvalue weighted by atomic mass is 16.5. The number of ether oxygens (including phenoxy) is 3. The standard InChI is InChI=1S/C15H17NO4/c1-18-13-6-7-14(11(8-13)9-17)20-10-12-4-3-5-15(16-12)19-2/h3-8,17H,9-10H2,1-2H3. The Morgan fingerprint density at radius 3 is 2.65 bits per heavy atom. The summed E-state index contributed by atoms with van der Waals surface area (Å²) in [6.45, 7) is 0.189. The predicted octanol–water partition coefficient (Wildman–Crippen LogP) is 2.17. The third kappa shape index (κ3) is 3.39. The molecule has 0 aliphatic carbocycles. The van der Waals surface area contributed by atoms with Crippen LogP contribution in [0.25, 0.3) is 0 Å². The number of benzene rings is 1. The zero-order valence-corrected chi connectivity index (χ0v) is 11.5. The molecule has 0 saturated carbocycles. The van der Waals surface area contributed by atoms with Crippen LogP contribution in [0.15, 0.2) is 36.4 Å². The van der Waals surface area contributed by atoms with Gasteiger partial charge in [0.2, 0.25) is 5.88 Å². The average molecular weight is 275 g/mol. The van der Waals surface area contributed by atoms with Crippen molar-refractivity contribution in [1.82, 2.24) is 4.98 Å². The Balaban J connectivity index is 2.10. The van der Waals surface area contributed by atoms with Crippen LogP contribution in [0.2, 0.25) is 0 Å². The van der Waals surface area contributed by atoms with Gasteiger partial charge in [0.05, 0.1) is 26.5 Å². The second-order valence-electron chi connectivity index (χ2n) is 4.09. The lowest BCUT2D eigenvalue weighted by Gasteiger charge is -2.11. The van der Waals surface area contributed by atoms with Crippen LogP contribution in [0.4, 0.5) is 0 Å². The van der Waals surface area contributed by atoms with E-state index in [0.29, 0.717) is 29.5 Å². The van der Waals surface area contributed by atoms with Gasteiger partial charge in [-0.1, -0.05) is 6.07 Å². The van der Waals surface area contributed by atoms with E-state index in [9.17, 15) is 5.11 Å². The summed E-state index contributed by atoms with van der Waals surface area (Å²) in [6, 6.07) is 10.8. The number of methoxy groups -OCH3 is 2. The SMILES string of the molecule is COc1ccc(OCc2cccc(OC)n2)c(CO)c1. The minimum absolute atomic E-state index is 0.113. The third-order valence-electron chi connectivity index (χ3n) is 2.80. The highest BCUT2D eigenvalue weighted by Crippen LogP contribution is 2.25. The first kappa shape index (κ1) is 14.1. The summed E-state index contributed by atoms with van der Waals surface area (Å²) in [5, 5.41) is 9.35. The zero-order valence-electron chi connectivity index (χ0n) is 11.5. The van der Waals surface area contributed by atoms with Crippen molar-refractivity contribution in [2.75, 3.05) is 14.2 Å². The van der Waals surface area contributed by atoms with Gasteiger partial charge in [-0.25, -0.2) is 4.98 Å². The quantitative estimate of drug-likeness (QED) is 0.875. The second-order valence-corrected chi connectivity index (χ2v) is 4.09. The Bertz CT molecular complexity index is 572. The molecule has 0 saturated heterocycles. The number of aromatic nitrogens is 1. The number of rotatable bonds is 6. The van der Waals surface area contributed by atoms with E-state index in [1.54, 1.807) is 38.5 Å². The summed E-state index contributed by atoms with van der Waals surface area (Å²) < 4.78 is 15.8. The van der Waals surface area contributed by atoms with Gasteiger partial charge >= 0.3 is 0 Å². The lowest BCUT2D eigenvalue weighted by atomic mass is 10.2. The van der Waals surface area contributed by atoms with Crippen LogP contribution in [0.1, 0.15) is 11.3 Å². The van der Waals surface area contributed by atoms with Gasteiger partial charge in [0, 0.05) is 11.6 Å². The molecule has 1 N–H and O–H groups in total. The number of nitrogens with zero attached hydrogens (tertiary/aromatic N) is 1. The fourth-order valence-electron chi connectivity index (χ4n) is 1.75.